The number of aryl methyl sites for hydroxylation is 1. The van der Waals surface area contributed by atoms with Crippen LogP contribution in [0.25, 0.3) is 0 Å². The zero-order valence-electron chi connectivity index (χ0n) is 16.5. The van der Waals surface area contributed by atoms with Crippen LogP contribution in [0.1, 0.15) is 37.7 Å². The molecule has 0 N–H and O–H groups in total. The lowest BCUT2D eigenvalue weighted by Gasteiger charge is -2.36. The van der Waals surface area contributed by atoms with Crippen LogP contribution in [-0.4, -0.2) is 47.0 Å². The van der Waals surface area contributed by atoms with Crippen LogP contribution in [0.15, 0.2) is 46.6 Å². The van der Waals surface area contributed by atoms with E-state index < -0.39 is 0 Å². The molecule has 4 rings (SSSR count). The van der Waals surface area contributed by atoms with E-state index in [1.54, 1.807) is 24.2 Å². The van der Waals surface area contributed by atoms with Gasteiger partial charge < -0.3 is 9.80 Å². The second-order valence-corrected chi connectivity index (χ2v) is 8.81. The third-order valence-corrected chi connectivity index (χ3v) is 6.63. The molecule has 28 heavy (non-hydrogen) atoms. The van der Waals surface area contributed by atoms with Crippen molar-refractivity contribution < 1.29 is 4.79 Å². The fourth-order valence-electron chi connectivity index (χ4n) is 4.11. The predicted octanol–water partition coefficient (Wildman–Crippen LogP) is 4.17. The standard InChI is InChI=1S/C22H28N4OS/c1-17-6-5-7-19(16-17)28-21-20(23-10-11-24-21)25-14-8-18(9-15-25)22(27)26-12-3-2-4-13-26/h5-7,10-11,16,18H,2-4,8-9,12-15H2,1H3. The van der Waals surface area contributed by atoms with Gasteiger partial charge in [-0.25, -0.2) is 9.97 Å². The number of nitrogens with zero attached hydrogens (tertiary/aromatic N) is 4. The van der Waals surface area contributed by atoms with Gasteiger partial charge in [-0.1, -0.05) is 29.5 Å². The van der Waals surface area contributed by atoms with Crippen LogP contribution in [0.4, 0.5) is 5.82 Å². The fourth-order valence-corrected chi connectivity index (χ4v) is 5.11. The summed E-state index contributed by atoms with van der Waals surface area (Å²) in [4.78, 5) is 27.6. The number of aromatic nitrogens is 2. The number of carbonyl (C=O) groups excluding carboxylic acids is 1. The molecule has 5 nitrogen and oxygen atoms in total. The van der Waals surface area contributed by atoms with E-state index in [0.29, 0.717) is 5.91 Å². The maximum absolute atomic E-state index is 12.8. The molecule has 1 aromatic heterocycles. The highest BCUT2D eigenvalue weighted by atomic mass is 32.2. The average molecular weight is 397 g/mol. The van der Waals surface area contributed by atoms with E-state index in [1.165, 1.54) is 16.9 Å². The lowest BCUT2D eigenvalue weighted by Crippen LogP contribution is -2.44. The summed E-state index contributed by atoms with van der Waals surface area (Å²) in [5.74, 6) is 1.48. The van der Waals surface area contributed by atoms with Crippen molar-refractivity contribution in [3.63, 3.8) is 0 Å². The van der Waals surface area contributed by atoms with Crippen molar-refractivity contribution in [2.75, 3.05) is 31.1 Å². The summed E-state index contributed by atoms with van der Waals surface area (Å²) >= 11 is 1.66. The zero-order valence-corrected chi connectivity index (χ0v) is 17.3. The van der Waals surface area contributed by atoms with Crippen LogP contribution in [-0.2, 0) is 4.79 Å². The van der Waals surface area contributed by atoms with Gasteiger partial charge in [-0.05, 0) is 51.2 Å². The van der Waals surface area contributed by atoms with Gasteiger partial charge >= 0.3 is 0 Å². The van der Waals surface area contributed by atoms with E-state index in [2.05, 4.69) is 51.0 Å². The van der Waals surface area contributed by atoms with Gasteiger partial charge in [0, 0.05) is 49.4 Å². The van der Waals surface area contributed by atoms with Crippen LogP contribution in [0, 0.1) is 12.8 Å². The molecule has 2 aliphatic heterocycles. The maximum atomic E-state index is 12.8. The van der Waals surface area contributed by atoms with Gasteiger partial charge in [-0.2, -0.15) is 0 Å². The summed E-state index contributed by atoms with van der Waals surface area (Å²) < 4.78 is 0. The quantitative estimate of drug-likeness (QED) is 0.776. The topological polar surface area (TPSA) is 49.3 Å². The Morgan fingerprint density at radius 1 is 1.04 bits per heavy atom. The van der Waals surface area contributed by atoms with Gasteiger partial charge in [0.15, 0.2) is 5.82 Å². The molecule has 2 aromatic rings. The molecule has 148 valence electrons. The Kier molecular flexibility index (Phi) is 6.15. The number of piperidine rings is 2. The molecule has 6 heteroatoms. The Morgan fingerprint density at radius 3 is 2.54 bits per heavy atom. The number of benzene rings is 1. The molecular formula is C22H28N4OS. The molecule has 1 amide bonds. The Labute approximate surface area is 171 Å². The first-order valence-corrected chi connectivity index (χ1v) is 11.1. The van der Waals surface area contributed by atoms with Crippen molar-refractivity contribution in [1.29, 1.82) is 0 Å². The Morgan fingerprint density at radius 2 is 1.79 bits per heavy atom. The minimum absolute atomic E-state index is 0.166. The molecule has 2 saturated heterocycles. The van der Waals surface area contributed by atoms with Crippen molar-refractivity contribution in [3.8, 4) is 0 Å². The summed E-state index contributed by atoms with van der Waals surface area (Å²) in [6.45, 7) is 5.72. The highest BCUT2D eigenvalue weighted by Crippen LogP contribution is 2.34. The van der Waals surface area contributed by atoms with E-state index in [1.807, 2.05) is 0 Å². The third kappa shape index (κ3) is 4.49. The summed E-state index contributed by atoms with van der Waals surface area (Å²) in [6.07, 6.45) is 8.90. The van der Waals surface area contributed by atoms with Crippen LogP contribution in [0.5, 0.6) is 0 Å². The summed E-state index contributed by atoms with van der Waals surface area (Å²) in [6, 6.07) is 8.46. The first-order valence-electron chi connectivity index (χ1n) is 10.3. The fraction of sp³-hybridized carbons (Fsp3) is 0.500. The Bertz CT molecular complexity index is 814. The van der Waals surface area contributed by atoms with Gasteiger partial charge in [0.1, 0.15) is 5.03 Å². The number of hydrogen-bond donors (Lipinski definition) is 0. The minimum Gasteiger partial charge on any atom is -0.354 e. The number of rotatable bonds is 4. The minimum atomic E-state index is 0.166. The highest BCUT2D eigenvalue weighted by molar-refractivity contribution is 7.99. The second-order valence-electron chi connectivity index (χ2n) is 7.75. The normalized spacial score (nSPS) is 18.3. The molecule has 0 bridgehead atoms. The molecule has 3 heterocycles. The van der Waals surface area contributed by atoms with Gasteiger partial charge in [-0.3, -0.25) is 4.79 Å². The van der Waals surface area contributed by atoms with Crippen molar-refractivity contribution >= 4 is 23.5 Å². The van der Waals surface area contributed by atoms with E-state index in [9.17, 15) is 4.79 Å². The number of hydrogen-bond acceptors (Lipinski definition) is 5. The monoisotopic (exact) mass is 396 g/mol. The highest BCUT2D eigenvalue weighted by Gasteiger charge is 2.30. The molecule has 0 saturated carbocycles. The first kappa shape index (κ1) is 19.2. The maximum Gasteiger partial charge on any atom is 0.225 e. The molecule has 0 spiro atoms. The lowest BCUT2D eigenvalue weighted by molar-refractivity contribution is -0.137. The lowest BCUT2D eigenvalue weighted by atomic mass is 9.94. The van der Waals surface area contributed by atoms with Gasteiger partial charge in [0.25, 0.3) is 0 Å². The van der Waals surface area contributed by atoms with Crippen molar-refractivity contribution in [2.45, 2.75) is 48.9 Å². The zero-order chi connectivity index (χ0) is 19.3. The van der Waals surface area contributed by atoms with Gasteiger partial charge in [0.05, 0.1) is 0 Å². The van der Waals surface area contributed by atoms with Crippen molar-refractivity contribution in [2.24, 2.45) is 5.92 Å². The van der Waals surface area contributed by atoms with Gasteiger partial charge in [0.2, 0.25) is 5.91 Å². The molecule has 0 aliphatic carbocycles. The van der Waals surface area contributed by atoms with E-state index in [0.717, 1.165) is 62.7 Å². The summed E-state index contributed by atoms with van der Waals surface area (Å²) in [5, 5.41) is 0.939. The predicted molar refractivity (Wildman–Crippen MR) is 113 cm³/mol. The summed E-state index contributed by atoms with van der Waals surface area (Å²) in [7, 11) is 0. The molecular weight excluding hydrogens is 368 g/mol. The Hall–Kier alpha value is -2.08. The van der Waals surface area contributed by atoms with E-state index >= 15 is 0 Å². The number of likely N-dealkylation sites (tertiary alicyclic amines) is 1. The largest absolute Gasteiger partial charge is 0.354 e. The van der Waals surface area contributed by atoms with E-state index in [4.69, 9.17) is 0 Å². The number of anilines is 1. The molecule has 2 aliphatic rings. The first-order chi connectivity index (χ1) is 13.7. The van der Waals surface area contributed by atoms with Gasteiger partial charge in [-0.15, -0.1) is 0 Å². The van der Waals surface area contributed by atoms with Crippen LogP contribution in [0.3, 0.4) is 0 Å². The molecule has 0 radical (unpaired) electrons. The molecule has 0 atom stereocenters. The smallest absolute Gasteiger partial charge is 0.225 e. The van der Waals surface area contributed by atoms with Crippen molar-refractivity contribution in [1.82, 2.24) is 14.9 Å². The summed E-state index contributed by atoms with van der Waals surface area (Å²) in [5.41, 5.74) is 1.24. The van der Waals surface area contributed by atoms with E-state index in [-0.39, 0.29) is 5.92 Å². The van der Waals surface area contributed by atoms with Crippen LogP contribution >= 0.6 is 11.8 Å². The Balaban J connectivity index is 1.41. The molecule has 2 fully saturated rings. The average Bonchev–Trinajstić information content (AvgIpc) is 2.74. The van der Waals surface area contributed by atoms with Crippen LogP contribution < -0.4 is 4.90 Å². The molecule has 1 aromatic carbocycles. The third-order valence-electron chi connectivity index (χ3n) is 5.66. The van der Waals surface area contributed by atoms with Crippen LogP contribution in [0.2, 0.25) is 0 Å². The SMILES string of the molecule is Cc1cccc(Sc2nccnc2N2CCC(C(=O)N3CCCCC3)CC2)c1. The number of carbonyl (C=O) groups is 1. The second kappa shape index (κ2) is 8.95. The molecule has 0 unspecified atom stereocenters. The van der Waals surface area contributed by atoms with Crippen molar-refractivity contribution in [3.05, 3.63) is 42.2 Å². The number of amides is 1.